The molecule has 0 aromatic heterocycles. The van der Waals surface area contributed by atoms with Crippen LogP contribution in [0.15, 0.2) is 54.6 Å². The number of hydrogen-bond donors (Lipinski definition) is 1. The number of carbonyl (C=O) groups is 2. The second-order valence-corrected chi connectivity index (χ2v) is 6.17. The summed E-state index contributed by atoms with van der Waals surface area (Å²) in [5.74, 6) is 0.570. The molecule has 1 amide bonds. The Morgan fingerprint density at radius 3 is 2.50 bits per heavy atom. The molecular weight excluding hydrogens is 358 g/mol. The maximum absolute atomic E-state index is 12.0. The van der Waals surface area contributed by atoms with E-state index in [1.807, 2.05) is 43.3 Å². The minimum atomic E-state index is -0.757. The fourth-order valence-corrected chi connectivity index (χ4v) is 2.34. The number of methoxy groups -OCH3 is 1. The largest absolute Gasteiger partial charge is 0.497 e. The lowest BCUT2D eigenvalue weighted by Crippen LogP contribution is -2.39. The smallest absolute Gasteiger partial charge is 0.328 e. The molecule has 0 unspecified atom stereocenters. The van der Waals surface area contributed by atoms with Crippen LogP contribution in [0.4, 0.5) is 0 Å². The summed E-state index contributed by atoms with van der Waals surface area (Å²) in [6, 6.07) is 14.1. The molecule has 0 radical (unpaired) electrons. The number of aryl methyl sites for hydroxylation is 1. The molecule has 0 heterocycles. The number of nitrogens with one attached hydrogen (secondary N) is 1. The molecule has 0 aliphatic carbocycles. The van der Waals surface area contributed by atoms with Crippen LogP contribution in [-0.4, -0.2) is 38.2 Å². The van der Waals surface area contributed by atoms with Crippen molar-refractivity contribution in [2.45, 2.75) is 19.9 Å². The van der Waals surface area contributed by atoms with Gasteiger partial charge in [0.05, 0.1) is 7.11 Å². The monoisotopic (exact) mass is 383 g/mol. The lowest BCUT2D eigenvalue weighted by molar-refractivity contribution is -0.147. The molecule has 0 saturated carbocycles. The van der Waals surface area contributed by atoms with Gasteiger partial charge in [-0.05, 0) is 55.3 Å². The minimum absolute atomic E-state index is 0.106. The summed E-state index contributed by atoms with van der Waals surface area (Å²) in [4.78, 5) is 23.9. The Morgan fingerprint density at radius 1 is 1.07 bits per heavy atom. The van der Waals surface area contributed by atoms with E-state index in [-0.39, 0.29) is 19.1 Å². The van der Waals surface area contributed by atoms with Gasteiger partial charge in [0.1, 0.15) is 30.8 Å². The lowest BCUT2D eigenvalue weighted by atomic mass is 10.2. The molecule has 28 heavy (non-hydrogen) atoms. The quantitative estimate of drug-likeness (QED) is 0.409. The highest BCUT2D eigenvalue weighted by atomic mass is 16.6. The highest BCUT2D eigenvalue weighted by molar-refractivity contribution is 5.94. The Kier molecular flexibility index (Phi) is 8.09. The average molecular weight is 383 g/mol. The van der Waals surface area contributed by atoms with Crippen molar-refractivity contribution in [3.05, 3.63) is 65.7 Å². The van der Waals surface area contributed by atoms with E-state index in [0.29, 0.717) is 0 Å². The third-order valence-corrected chi connectivity index (χ3v) is 3.84. The zero-order valence-electron chi connectivity index (χ0n) is 16.3. The fraction of sp³-hybridized carbons (Fsp3) is 0.273. The second-order valence-electron chi connectivity index (χ2n) is 6.17. The summed E-state index contributed by atoms with van der Waals surface area (Å²) in [6.07, 6.45) is 3.02. The summed E-state index contributed by atoms with van der Waals surface area (Å²) in [5, 5.41) is 2.57. The number of esters is 1. The van der Waals surface area contributed by atoms with Crippen molar-refractivity contribution in [1.82, 2.24) is 5.32 Å². The van der Waals surface area contributed by atoms with Crippen molar-refractivity contribution >= 4 is 18.0 Å². The molecule has 6 nitrogen and oxygen atoms in total. The van der Waals surface area contributed by atoms with Gasteiger partial charge in [0.2, 0.25) is 5.91 Å². The summed E-state index contributed by atoms with van der Waals surface area (Å²) in [7, 11) is 1.59. The number of ether oxygens (including phenoxy) is 3. The van der Waals surface area contributed by atoms with E-state index >= 15 is 0 Å². The van der Waals surface area contributed by atoms with Crippen LogP contribution in [-0.2, 0) is 14.3 Å². The van der Waals surface area contributed by atoms with Gasteiger partial charge in [-0.25, -0.2) is 4.79 Å². The molecule has 1 N–H and O–H groups in total. The Hall–Kier alpha value is -3.28. The van der Waals surface area contributed by atoms with Crippen molar-refractivity contribution < 1.29 is 23.8 Å². The molecule has 0 bridgehead atoms. The third-order valence-electron chi connectivity index (χ3n) is 3.84. The number of amides is 1. The van der Waals surface area contributed by atoms with Crippen LogP contribution in [0.2, 0.25) is 0 Å². The molecule has 2 rings (SSSR count). The summed E-state index contributed by atoms with van der Waals surface area (Å²) in [5.41, 5.74) is 1.94. The highest BCUT2D eigenvalue weighted by Gasteiger charge is 2.15. The highest BCUT2D eigenvalue weighted by Crippen LogP contribution is 2.13. The number of carbonyl (C=O) groups excluding carboxylic acids is 2. The molecule has 2 aromatic rings. The predicted octanol–water partition coefficient (Wildman–Crippen LogP) is 3.14. The first-order valence-corrected chi connectivity index (χ1v) is 8.96. The zero-order valence-corrected chi connectivity index (χ0v) is 16.3. The van der Waals surface area contributed by atoms with Gasteiger partial charge in [0, 0.05) is 6.08 Å². The van der Waals surface area contributed by atoms with Gasteiger partial charge < -0.3 is 19.5 Å². The van der Waals surface area contributed by atoms with Crippen LogP contribution in [0.5, 0.6) is 11.5 Å². The van der Waals surface area contributed by atoms with Crippen molar-refractivity contribution in [2.24, 2.45) is 0 Å². The predicted molar refractivity (Wildman–Crippen MR) is 107 cm³/mol. The van der Waals surface area contributed by atoms with E-state index < -0.39 is 12.0 Å². The maximum atomic E-state index is 12.0. The van der Waals surface area contributed by atoms with Gasteiger partial charge in [-0.15, -0.1) is 0 Å². The van der Waals surface area contributed by atoms with Crippen LogP contribution in [0.1, 0.15) is 18.1 Å². The minimum Gasteiger partial charge on any atom is -0.497 e. The average Bonchev–Trinajstić information content (AvgIpc) is 2.70. The van der Waals surface area contributed by atoms with Gasteiger partial charge in [-0.3, -0.25) is 4.79 Å². The molecule has 0 aliphatic rings. The standard InChI is InChI=1S/C22H25NO5/c1-16-5-4-6-20(15-16)27-13-14-28-22(25)17(2)23-21(24)12-9-18-7-10-19(26-3)11-8-18/h4-12,15,17H,13-14H2,1-3H3,(H,23,24)/b12-9+/t17-/m0/s1. The van der Waals surface area contributed by atoms with Crippen LogP contribution in [0.3, 0.4) is 0 Å². The zero-order chi connectivity index (χ0) is 20.4. The fourth-order valence-electron chi connectivity index (χ4n) is 2.34. The molecule has 0 aliphatic heterocycles. The molecular formula is C22H25NO5. The number of hydrogen-bond acceptors (Lipinski definition) is 5. The first kappa shape index (κ1) is 21.0. The van der Waals surface area contributed by atoms with Crippen molar-refractivity contribution in [2.75, 3.05) is 20.3 Å². The van der Waals surface area contributed by atoms with Gasteiger partial charge >= 0.3 is 5.97 Å². The number of benzene rings is 2. The molecule has 2 aromatic carbocycles. The van der Waals surface area contributed by atoms with E-state index in [9.17, 15) is 9.59 Å². The maximum Gasteiger partial charge on any atom is 0.328 e. The molecule has 0 saturated heterocycles. The first-order valence-electron chi connectivity index (χ1n) is 8.96. The van der Waals surface area contributed by atoms with E-state index in [2.05, 4.69) is 5.32 Å². The Labute approximate surface area is 165 Å². The Balaban J connectivity index is 1.70. The van der Waals surface area contributed by atoms with Crippen LogP contribution in [0.25, 0.3) is 6.08 Å². The molecule has 1 atom stereocenters. The van der Waals surface area contributed by atoms with E-state index in [1.165, 1.54) is 6.08 Å². The van der Waals surface area contributed by atoms with E-state index in [4.69, 9.17) is 14.2 Å². The second kappa shape index (κ2) is 10.8. The topological polar surface area (TPSA) is 73.9 Å². The Morgan fingerprint density at radius 2 is 1.82 bits per heavy atom. The van der Waals surface area contributed by atoms with Gasteiger partial charge in [-0.2, -0.15) is 0 Å². The molecule has 6 heteroatoms. The van der Waals surface area contributed by atoms with Gasteiger partial charge in [-0.1, -0.05) is 24.3 Å². The van der Waals surface area contributed by atoms with Gasteiger partial charge in [0.25, 0.3) is 0 Å². The van der Waals surface area contributed by atoms with Crippen LogP contribution >= 0.6 is 0 Å². The third kappa shape index (κ3) is 7.15. The number of rotatable bonds is 9. The SMILES string of the molecule is COc1ccc(/C=C/C(=O)N[C@@H](C)C(=O)OCCOc2cccc(C)c2)cc1. The van der Waals surface area contributed by atoms with Crippen LogP contribution in [0, 0.1) is 6.92 Å². The summed E-state index contributed by atoms with van der Waals surface area (Å²) >= 11 is 0. The Bertz CT molecular complexity index is 814. The molecule has 148 valence electrons. The molecule has 0 fully saturated rings. The first-order chi connectivity index (χ1) is 13.5. The van der Waals surface area contributed by atoms with Crippen molar-refractivity contribution in [3.8, 4) is 11.5 Å². The normalized spacial score (nSPS) is 11.7. The molecule has 0 spiro atoms. The summed E-state index contributed by atoms with van der Waals surface area (Å²) < 4.78 is 15.7. The van der Waals surface area contributed by atoms with E-state index in [0.717, 1.165) is 22.6 Å². The van der Waals surface area contributed by atoms with Crippen molar-refractivity contribution in [1.29, 1.82) is 0 Å². The van der Waals surface area contributed by atoms with Gasteiger partial charge in [0.15, 0.2) is 0 Å². The summed E-state index contributed by atoms with van der Waals surface area (Å²) in [6.45, 7) is 3.89. The lowest BCUT2D eigenvalue weighted by Gasteiger charge is -2.13. The van der Waals surface area contributed by atoms with Crippen LogP contribution < -0.4 is 14.8 Å². The van der Waals surface area contributed by atoms with Crippen molar-refractivity contribution in [3.63, 3.8) is 0 Å². The van der Waals surface area contributed by atoms with E-state index in [1.54, 1.807) is 32.2 Å².